The first-order chi connectivity index (χ1) is 12.5. The summed E-state index contributed by atoms with van der Waals surface area (Å²) in [5, 5.41) is 7.54. The van der Waals surface area contributed by atoms with Crippen molar-refractivity contribution in [1.82, 2.24) is 5.43 Å². The Morgan fingerprint density at radius 2 is 1.73 bits per heavy atom. The Bertz CT molecular complexity index is 805. The molecular weight excluding hydrogens is 373 g/mol. The zero-order valence-electron chi connectivity index (χ0n) is 14.3. The molecule has 0 bridgehead atoms. The van der Waals surface area contributed by atoms with Gasteiger partial charge in [0.1, 0.15) is 0 Å². The van der Waals surface area contributed by atoms with E-state index in [4.69, 9.17) is 23.2 Å². The van der Waals surface area contributed by atoms with E-state index in [1.54, 1.807) is 18.2 Å². The van der Waals surface area contributed by atoms with E-state index in [1.807, 2.05) is 24.3 Å². The highest BCUT2D eigenvalue weighted by Crippen LogP contribution is 2.19. The van der Waals surface area contributed by atoms with Crippen LogP contribution >= 0.6 is 23.2 Å². The number of rotatable bonds is 7. The second kappa shape index (κ2) is 9.94. The lowest BCUT2D eigenvalue weighted by Gasteiger charge is -2.05. The van der Waals surface area contributed by atoms with Gasteiger partial charge < -0.3 is 5.32 Å². The number of hydrogen-bond donors (Lipinski definition) is 2. The van der Waals surface area contributed by atoms with Gasteiger partial charge in [0.05, 0.1) is 11.2 Å². The van der Waals surface area contributed by atoms with Crippen LogP contribution in [0.5, 0.6) is 0 Å². The molecule has 7 heteroatoms. The smallest absolute Gasteiger partial charge is 0.240 e. The summed E-state index contributed by atoms with van der Waals surface area (Å²) in [5.41, 5.74) is 4.90. The highest BCUT2D eigenvalue weighted by atomic mass is 35.5. The van der Waals surface area contributed by atoms with E-state index < -0.39 is 0 Å². The Kier molecular flexibility index (Phi) is 7.63. The highest BCUT2D eigenvalue weighted by Gasteiger charge is 2.07. The monoisotopic (exact) mass is 391 g/mol. The third kappa shape index (κ3) is 6.50. The molecule has 0 saturated heterocycles. The maximum atomic E-state index is 11.9. The number of carbonyl (C=O) groups is 2. The van der Waals surface area contributed by atoms with Crippen LogP contribution in [0, 0.1) is 0 Å². The average Bonchev–Trinajstić information content (AvgIpc) is 2.62. The van der Waals surface area contributed by atoms with Gasteiger partial charge in [-0.3, -0.25) is 9.59 Å². The zero-order chi connectivity index (χ0) is 18.9. The van der Waals surface area contributed by atoms with Crippen molar-refractivity contribution in [3.8, 4) is 0 Å². The van der Waals surface area contributed by atoms with E-state index in [0.29, 0.717) is 21.3 Å². The first-order valence-corrected chi connectivity index (χ1v) is 8.89. The van der Waals surface area contributed by atoms with Gasteiger partial charge in [0, 0.05) is 29.1 Å². The van der Waals surface area contributed by atoms with Gasteiger partial charge in [-0.25, -0.2) is 5.43 Å². The Morgan fingerprint density at radius 1 is 1.04 bits per heavy atom. The molecular formula is C19H19Cl2N3O2. The number of hydrazone groups is 1. The summed E-state index contributed by atoms with van der Waals surface area (Å²) in [4.78, 5) is 23.6. The fourth-order valence-electron chi connectivity index (χ4n) is 2.11. The molecule has 0 atom stereocenters. The van der Waals surface area contributed by atoms with Gasteiger partial charge in [0.2, 0.25) is 11.8 Å². The van der Waals surface area contributed by atoms with Crippen LogP contribution in [-0.2, 0) is 16.0 Å². The maximum Gasteiger partial charge on any atom is 0.240 e. The Hall–Kier alpha value is -2.37. The third-order valence-corrected chi connectivity index (χ3v) is 4.14. The van der Waals surface area contributed by atoms with Crippen molar-refractivity contribution in [2.24, 2.45) is 5.10 Å². The summed E-state index contributed by atoms with van der Waals surface area (Å²) in [5.74, 6) is -0.586. The Labute approximate surface area is 162 Å². The van der Waals surface area contributed by atoms with Crippen LogP contribution in [0.4, 0.5) is 5.69 Å². The SMILES string of the molecule is CCc1ccc(NC(=O)CCC(=O)NN=Cc2ccc(Cl)cc2Cl)cc1. The molecule has 0 aliphatic rings. The number of aryl methyl sites for hydroxylation is 1. The van der Waals surface area contributed by atoms with Crippen molar-refractivity contribution in [2.75, 3.05) is 5.32 Å². The number of anilines is 1. The molecule has 136 valence electrons. The summed E-state index contributed by atoms with van der Waals surface area (Å²) in [6, 6.07) is 12.6. The first-order valence-electron chi connectivity index (χ1n) is 8.13. The predicted octanol–water partition coefficient (Wildman–Crippen LogP) is 4.42. The molecule has 26 heavy (non-hydrogen) atoms. The number of nitrogens with one attached hydrogen (secondary N) is 2. The topological polar surface area (TPSA) is 70.6 Å². The number of hydrogen-bond acceptors (Lipinski definition) is 3. The second-order valence-electron chi connectivity index (χ2n) is 5.56. The molecule has 2 amide bonds. The van der Waals surface area contributed by atoms with E-state index in [-0.39, 0.29) is 24.7 Å². The van der Waals surface area contributed by atoms with Crippen LogP contribution in [0.2, 0.25) is 10.0 Å². The van der Waals surface area contributed by atoms with Gasteiger partial charge in [-0.1, -0.05) is 48.3 Å². The number of carbonyl (C=O) groups excluding carboxylic acids is 2. The summed E-state index contributed by atoms with van der Waals surface area (Å²) in [6.07, 6.45) is 2.46. The van der Waals surface area contributed by atoms with Crippen LogP contribution in [0.15, 0.2) is 47.6 Å². The largest absolute Gasteiger partial charge is 0.326 e. The van der Waals surface area contributed by atoms with Crippen molar-refractivity contribution < 1.29 is 9.59 Å². The van der Waals surface area contributed by atoms with Crippen LogP contribution in [0.1, 0.15) is 30.9 Å². The van der Waals surface area contributed by atoms with E-state index in [0.717, 1.165) is 6.42 Å². The molecule has 0 radical (unpaired) electrons. The summed E-state index contributed by atoms with van der Waals surface area (Å²) >= 11 is 11.8. The van der Waals surface area contributed by atoms with Crippen molar-refractivity contribution in [3.63, 3.8) is 0 Å². The molecule has 0 aromatic heterocycles. The lowest BCUT2D eigenvalue weighted by molar-refractivity contribution is -0.124. The average molecular weight is 392 g/mol. The molecule has 2 aromatic carbocycles. The van der Waals surface area contributed by atoms with E-state index in [2.05, 4.69) is 22.8 Å². The molecule has 0 unspecified atom stereocenters. The summed E-state index contributed by atoms with van der Waals surface area (Å²) in [7, 11) is 0. The van der Waals surface area contributed by atoms with Crippen molar-refractivity contribution >= 4 is 46.9 Å². The van der Waals surface area contributed by atoms with E-state index >= 15 is 0 Å². The fraction of sp³-hybridized carbons (Fsp3) is 0.211. The molecule has 0 heterocycles. The third-order valence-electron chi connectivity index (χ3n) is 3.58. The minimum absolute atomic E-state index is 0.0323. The van der Waals surface area contributed by atoms with E-state index in [9.17, 15) is 9.59 Å². The van der Waals surface area contributed by atoms with Gasteiger partial charge in [0.25, 0.3) is 0 Å². The summed E-state index contributed by atoms with van der Waals surface area (Å²) < 4.78 is 0. The Balaban J connectivity index is 1.75. The van der Waals surface area contributed by atoms with Crippen LogP contribution in [0.25, 0.3) is 0 Å². The van der Waals surface area contributed by atoms with Gasteiger partial charge >= 0.3 is 0 Å². The summed E-state index contributed by atoms with van der Waals surface area (Å²) in [6.45, 7) is 2.07. The number of halogens is 2. The van der Waals surface area contributed by atoms with Gasteiger partial charge in [-0.2, -0.15) is 5.10 Å². The molecule has 2 rings (SSSR count). The molecule has 2 N–H and O–H groups in total. The number of benzene rings is 2. The molecule has 2 aromatic rings. The zero-order valence-corrected chi connectivity index (χ0v) is 15.8. The molecule has 0 fully saturated rings. The van der Waals surface area contributed by atoms with Crippen LogP contribution in [-0.4, -0.2) is 18.0 Å². The Morgan fingerprint density at radius 3 is 2.38 bits per heavy atom. The maximum absolute atomic E-state index is 11.9. The lowest BCUT2D eigenvalue weighted by atomic mass is 10.1. The van der Waals surface area contributed by atoms with Gasteiger partial charge in [-0.05, 0) is 36.2 Å². The molecule has 0 spiro atoms. The lowest BCUT2D eigenvalue weighted by Crippen LogP contribution is -2.20. The van der Waals surface area contributed by atoms with Crippen molar-refractivity contribution in [2.45, 2.75) is 26.2 Å². The second-order valence-corrected chi connectivity index (χ2v) is 6.40. The number of amides is 2. The van der Waals surface area contributed by atoms with Crippen molar-refractivity contribution in [1.29, 1.82) is 0 Å². The fourth-order valence-corrected chi connectivity index (χ4v) is 2.57. The predicted molar refractivity (Wildman–Crippen MR) is 106 cm³/mol. The molecule has 0 aliphatic carbocycles. The minimum atomic E-state index is -0.359. The van der Waals surface area contributed by atoms with Crippen LogP contribution in [0.3, 0.4) is 0 Å². The van der Waals surface area contributed by atoms with Gasteiger partial charge in [-0.15, -0.1) is 0 Å². The van der Waals surface area contributed by atoms with Gasteiger partial charge in [0.15, 0.2) is 0 Å². The quantitative estimate of drug-likeness (QED) is 0.541. The molecule has 5 nitrogen and oxygen atoms in total. The van der Waals surface area contributed by atoms with Crippen molar-refractivity contribution in [3.05, 3.63) is 63.6 Å². The van der Waals surface area contributed by atoms with Crippen LogP contribution < -0.4 is 10.7 Å². The molecule has 0 aliphatic heterocycles. The highest BCUT2D eigenvalue weighted by molar-refractivity contribution is 6.36. The minimum Gasteiger partial charge on any atom is -0.326 e. The number of nitrogens with zero attached hydrogens (tertiary/aromatic N) is 1. The standard InChI is InChI=1S/C19H19Cl2N3O2/c1-2-13-3-7-16(8-4-13)23-18(25)9-10-19(26)24-22-12-14-5-6-15(20)11-17(14)21/h3-8,11-12H,2,9-10H2,1H3,(H,23,25)(H,24,26). The first kappa shape index (κ1) is 19.9. The normalized spacial score (nSPS) is 10.7. The van der Waals surface area contributed by atoms with E-state index in [1.165, 1.54) is 11.8 Å². The molecule has 0 saturated carbocycles.